The minimum Gasteiger partial charge on any atom is -0.272 e. The second-order valence-corrected chi connectivity index (χ2v) is 1.25. The molecular formula is C3H10N4O. The molecule has 1 amide bonds. The molecule has 0 saturated carbocycles. The third kappa shape index (κ3) is 1.87. The van der Waals surface area contributed by atoms with Crippen LogP contribution in [0.1, 0.15) is 13.3 Å². The van der Waals surface area contributed by atoms with Gasteiger partial charge in [-0.3, -0.25) is 10.6 Å². The van der Waals surface area contributed by atoms with Crippen molar-refractivity contribution < 1.29 is 4.79 Å². The maximum absolute atomic E-state index is 10.4. The average molecular weight is 118 g/mol. The van der Waals surface area contributed by atoms with Gasteiger partial charge in [0.25, 0.3) is 5.91 Å². The first-order valence-corrected chi connectivity index (χ1v) is 2.26. The van der Waals surface area contributed by atoms with E-state index in [2.05, 4.69) is 0 Å². The maximum Gasteiger partial charge on any atom is 0.252 e. The highest BCUT2D eigenvalue weighted by molar-refractivity contribution is 5.74. The number of nitrogens with two attached hydrogens (primary N) is 2. The largest absolute Gasteiger partial charge is 0.272 e. The molecule has 48 valence electrons. The highest BCUT2D eigenvalue weighted by Gasteiger charge is 2.00. The predicted octanol–water partition coefficient (Wildman–Crippen LogP) is -1.52. The molecule has 0 aliphatic heterocycles. The molecule has 0 aliphatic rings. The molecule has 0 heterocycles. The Labute approximate surface area is 47.5 Å². The van der Waals surface area contributed by atoms with Crippen LogP contribution < -0.4 is 17.2 Å². The Hall–Kier alpha value is -0.650. The average Bonchev–Trinajstić information content (AvgIpc) is 1.84. The molecule has 0 atom stereocenters. The van der Waals surface area contributed by atoms with E-state index in [4.69, 9.17) is 11.7 Å². The van der Waals surface area contributed by atoms with Gasteiger partial charge in [0.15, 0.2) is 0 Å². The summed E-state index contributed by atoms with van der Waals surface area (Å²) in [5.41, 5.74) is 1.98. The molecule has 0 aromatic rings. The lowest BCUT2D eigenvalue weighted by Crippen LogP contribution is -2.51. The van der Waals surface area contributed by atoms with Crippen molar-refractivity contribution in [1.82, 2.24) is 10.7 Å². The van der Waals surface area contributed by atoms with Gasteiger partial charge in [-0.2, -0.15) is 10.7 Å². The molecule has 0 aromatic heterocycles. The summed E-state index contributed by atoms with van der Waals surface area (Å²) in [4.78, 5) is 10.4. The molecular weight excluding hydrogens is 108 g/mol. The van der Waals surface area contributed by atoms with Crippen molar-refractivity contribution in [2.45, 2.75) is 13.3 Å². The van der Waals surface area contributed by atoms with E-state index in [1.807, 2.05) is 5.53 Å². The molecule has 5 N–H and O–H groups in total. The molecule has 0 unspecified atom stereocenters. The number of nitrogens with zero attached hydrogens (tertiary/aromatic N) is 1. The fourth-order valence-corrected chi connectivity index (χ4v) is 0.242. The van der Waals surface area contributed by atoms with Crippen LogP contribution in [0.5, 0.6) is 0 Å². The molecule has 0 aromatic carbocycles. The standard InChI is InChI=1S/C3H10N4O/c1-2-3(8)7(5)6-4/h6H,2,4-5H2,1H3. The van der Waals surface area contributed by atoms with Crippen molar-refractivity contribution in [3.8, 4) is 0 Å². The van der Waals surface area contributed by atoms with Crippen LogP contribution in [0.3, 0.4) is 0 Å². The van der Waals surface area contributed by atoms with Gasteiger partial charge in [0.2, 0.25) is 0 Å². The number of carbonyl (C=O) groups is 1. The minimum absolute atomic E-state index is 0.243. The van der Waals surface area contributed by atoms with Gasteiger partial charge in [0.05, 0.1) is 0 Å². The number of hydrogen-bond donors (Lipinski definition) is 3. The Morgan fingerprint density at radius 3 is 2.50 bits per heavy atom. The Morgan fingerprint density at radius 1 is 1.88 bits per heavy atom. The van der Waals surface area contributed by atoms with Crippen molar-refractivity contribution in [2.75, 3.05) is 0 Å². The topological polar surface area (TPSA) is 84.4 Å². The lowest BCUT2D eigenvalue weighted by molar-refractivity contribution is -0.134. The zero-order chi connectivity index (χ0) is 6.57. The molecule has 8 heavy (non-hydrogen) atoms. The van der Waals surface area contributed by atoms with Gasteiger partial charge >= 0.3 is 0 Å². The third-order valence-corrected chi connectivity index (χ3v) is 0.710. The van der Waals surface area contributed by atoms with Crippen LogP contribution in [0, 0.1) is 0 Å². The number of rotatable bonds is 2. The second kappa shape index (κ2) is 3.36. The van der Waals surface area contributed by atoms with Gasteiger partial charge in [0.1, 0.15) is 0 Å². The molecule has 5 nitrogen and oxygen atoms in total. The van der Waals surface area contributed by atoms with Gasteiger partial charge in [-0.05, 0) is 0 Å². The fourth-order valence-electron chi connectivity index (χ4n) is 0.242. The molecule has 0 aliphatic carbocycles. The summed E-state index contributed by atoms with van der Waals surface area (Å²) in [6.45, 7) is 1.69. The Morgan fingerprint density at radius 2 is 2.38 bits per heavy atom. The van der Waals surface area contributed by atoms with Crippen LogP contribution in [-0.4, -0.2) is 11.0 Å². The van der Waals surface area contributed by atoms with E-state index >= 15 is 0 Å². The van der Waals surface area contributed by atoms with Crippen molar-refractivity contribution in [2.24, 2.45) is 11.7 Å². The third-order valence-electron chi connectivity index (χ3n) is 0.710. The smallest absolute Gasteiger partial charge is 0.252 e. The van der Waals surface area contributed by atoms with Crippen LogP contribution in [-0.2, 0) is 4.79 Å². The lowest BCUT2D eigenvalue weighted by Gasteiger charge is -2.11. The summed E-state index contributed by atoms with van der Waals surface area (Å²) in [6.07, 6.45) is 0.348. The first kappa shape index (κ1) is 7.35. The normalized spacial score (nSPS) is 8.88. The molecule has 0 fully saturated rings. The van der Waals surface area contributed by atoms with Crippen molar-refractivity contribution >= 4 is 5.91 Å². The van der Waals surface area contributed by atoms with E-state index in [9.17, 15) is 4.79 Å². The number of amides is 1. The maximum atomic E-state index is 10.4. The summed E-state index contributed by atoms with van der Waals surface area (Å²) in [5, 5.41) is 0.736. The molecule has 0 spiro atoms. The summed E-state index contributed by atoms with van der Waals surface area (Å²) in [7, 11) is 0. The van der Waals surface area contributed by atoms with Crippen molar-refractivity contribution in [3.05, 3.63) is 0 Å². The Bertz CT molecular complexity index is 83.4. The van der Waals surface area contributed by atoms with Gasteiger partial charge in [-0.1, -0.05) is 6.92 Å². The fraction of sp³-hybridized carbons (Fsp3) is 0.667. The SMILES string of the molecule is CCC(=O)N(N)NN. The Balaban J connectivity index is 3.46. The molecule has 0 bridgehead atoms. The van der Waals surface area contributed by atoms with E-state index in [1.165, 1.54) is 0 Å². The zero-order valence-corrected chi connectivity index (χ0v) is 4.72. The van der Waals surface area contributed by atoms with Crippen LogP contribution in [0.4, 0.5) is 0 Å². The van der Waals surface area contributed by atoms with E-state index in [-0.39, 0.29) is 5.91 Å². The Kier molecular flexibility index (Phi) is 3.09. The van der Waals surface area contributed by atoms with Gasteiger partial charge in [-0.15, -0.1) is 0 Å². The first-order valence-electron chi connectivity index (χ1n) is 2.26. The minimum atomic E-state index is -0.243. The molecule has 5 heteroatoms. The lowest BCUT2D eigenvalue weighted by atomic mass is 10.5. The van der Waals surface area contributed by atoms with Crippen LogP contribution >= 0.6 is 0 Å². The van der Waals surface area contributed by atoms with E-state index in [1.54, 1.807) is 6.92 Å². The first-order chi connectivity index (χ1) is 3.72. The summed E-state index contributed by atoms with van der Waals surface area (Å²) in [5.74, 6) is 9.51. The number of hydrazine groups is 3. The van der Waals surface area contributed by atoms with Crippen LogP contribution in [0.2, 0.25) is 0 Å². The zero-order valence-electron chi connectivity index (χ0n) is 4.72. The number of carbonyl (C=O) groups excluding carboxylic acids is 1. The second-order valence-electron chi connectivity index (χ2n) is 1.25. The number of hydrogen-bond acceptors (Lipinski definition) is 4. The predicted molar refractivity (Wildman–Crippen MR) is 28.6 cm³/mol. The van der Waals surface area contributed by atoms with E-state index in [0.717, 1.165) is 5.12 Å². The molecule has 0 saturated heterocycles. The van der Waals surface area contributed by atoms with Gasteiger partial charge in [0, 0.05) is 6.42 Å². The highest BCUT2D eigenvalue weighted by atomic mass is 16.2. The number of nitrogens with one attached hydrogen (secondary N) is 1. The monoisotopic (exact) mass is 118 g/mol. The van der Waals surface area contributed by atoms with Gasteiger partial charge < -0.3 is 0 Å². The highest BCUT2D eigenvalue weighted by Crippen LogP contribution is 1.77. The van der Waals surface area contributed by atoms with Crippen LogP contribution in [0.25, 0.3) is 0 Å². The van der Waals surface area contributed by atoms with Crippen LogP contribution in [0.15, 0.2) is 0 Å². The molecule has 0 rings (SSSR count). The van der Waals surface area contributed by atoms with Crippen molar-refractivity contribution in [3.63, 3.8) is 0 Å². The summed E-state index contributed by atoms with van der Waals surface area (Å²) in [6, 6.07) is 0. The summed E-state index contributed by atoms with van der Waals surface area (Å²) >= 11 is 0. The van der Waals surface area contributed by atoms with Crippen molar-refractivity contribution in [1.29, 1.82) is 0 Å². The van der Waals surface area contributed by atoms with E-state index in [0.29, 0.717) is 6.42 Å². The summed E-state index contributed by atoms with van der Waals surface area (Å²) < 4.78 is 0. The molecule has 0 radical (unpaired) electrons. The van der Waals surface area contributed by atoms with Gasteiger partial charge in [-0.25, -0.2) is 5.84 Å². The quantitative estimate of drug-likeness (QED) is 0.233. The van der Waals surface area contributed by atoms with E-state index < -0.39 is 0 Å².